The standard InChI is InChI=1S/C28H37ClN2O5/c1-6-31-18(3)21(17(2)30-31)14-22-24(32)16-28(36-27(22)33,20-9-7-8-10-20)12-11-19-13-23(29)26(35-5)15-25(19)34-4/h13,15,20,32H,6-12,14,16H2,1-5H3. The Hall–Kier alpha value is -2.67. The molecule has 0 amide bonds. The van der Waals surface area contributed by atoms with Crippen molar-refractivity contribution in [2.45, 2.75) is 84.3 Å². The summed E-state index contributed by atoms with van der Waals surface area (Å²) in [4.78, 5) is 13.4. The molecule has 36 heavy (non-hydrogen) atoms. The quantitative estimate of drug-likeness (QED) is 0.408. The largest absolute Gasteiger partial charge is 0.512 e. The lowest BCUT2D eigenvalue weighted by molar-refractivity contribution is -0.167. The van der Waals surface area contributed by atoms with Crippen LogP contribution in [0.25, 0.3) is 0 Å². The van der Waals surface area contributed by atoms with Crippen LogP contribution in [0.5, 0.6) is 11.5 Å². The minimum atomic E-state index is -0.754. The number of carbonyl (C=O) groups is 1. The molecule has 1 aliphatic heterocycles. The normalized spacial score (nSPS) is 20.7. The Bertz CT molecular complexity index is 1170. The van der Waals surface area contributed by atoms with E-state index in [2.05, 4.69) is 5.10 Å². The zero-order valence-electron chi connectivity index (χ0n) is 21.9. The van der Waals surface area contributed by atoms with Crippen LogP contribution in [-0.4, -0.2) is 40.7 Å². The molecule has 1 N–H and O–H groups in total. The molecule has 8 heteroatoms. The zero-order chi connectivity index (χ0) is 26.0. The molecule has 7 nitrogen and oxygen atoms in total. The lowest BCUT2D eigenvalue weighted by Crippen LogP contribution is -2.46. The molecule has 4 rings (SSSR count). The molecule has 1 saturated carbocycles. The number of benzene rings is 1. The third-order valence-electron chi connectivity index (χ3n) is 8.01. The highest BCUT2D eigenvalue weighted by Crippen LogP contribution is 2.47. The minimum Gasteiger partial charge on any atom is -0.512 e. The number of hydrogen-bond donors (Lipinski definition) is 1. The van der Waals surface area contributed by atoms with Crippen molar-refractivity contribution in [2.24, 2.45) is 5.92 Å². The van der Waals surface area contributed by atoms with E-state index in [-0.39, 0.29) is 11.7 Å². The van der Waals surface area contributed by atoms with Crippen LogP contribution in [0.2, 0.25) is 5.02 Å². The van der Waals surface area contributed by atoms with Gasteiger partial charge in [0.05, 0.1) is 30.5 Å². The molecular weight excluding hydrogens is 480 g/mol. The molecule has 1 atom stereocenters. The van der Waals surface area contributed by atoms with Crippen LogP contribution in [0.4, 0.5) is 0 Å². The summed E-state index contributed by atoms with van der Waals surface area (Å²) in [6.07, 6.45) is 6.00. The number of carbonyl (C=O) groups excluding carboxylic acids is 1. The summed E-state index contributed by atoms with van der Waals surface area (Å²) in [5.74, 6) is 1.15. The maximum absolute atomic E-state index is 13.4. The van der Waals surface area contributed by atoms with Crippen LogP contribution < -0.4 is 9.47 Å². The van der Waals surface area contributed by atoms with Crippen molar-refractivity contribution < 1.29 is 24.1 Å². The molecule has 0 spiro atoms. The van der Waals surface area contributed by atoms with Crippen molar-refractivity contribution in [3.8, 4) is 11.5 Å². The van der Waals surface area contributed by atoms with E-state index >= 15 is 0 Å². The predicted octanol–water partition coefficient (Wildman–Crippen LogP) is 6.05. The van der Waals surface area contributed by atoms with Gasteiger partial charge in [0, 0.05) is 36.7 Å². The molecule has 2 aromatic rings. The SMILES string of the molecule is CCn1nc(C)c(CC2=C(O)CC(CCc3cc(Cl)c(OC)cc3OC)(C3CCCC3)OC2=O)c1C. The Balaban J connectivity index is 1.63. The average Bonchev–Trinajstić information content (AvgIpc) is 3.49. The van der Waals surface area contributed by atoms with Gasteiger partial charge in [0.15, 0.2) is 0 Å². The van der Waals surface area contributed by atoms with Crippen molar-refractivity contribution in [1.29, 1.82) is 0 Å². The number of aryl methyl sites for hydroxylation is 3. The van der Waals surface area contributed by atoms with E-state index in [0.29, 0.717) is 47.8 Å². The van der Waals surface area contributed by atoms with Crippen LogP contribution in [-0.2, 0) is 28.9 Å². The van der Waals surface area contributed by atoms with Crippen LogP contribution in [0.1, 0.15) is 68.0 Å². The maximum Gasteiger partial charge on any atom is 0.338 e. The fourth-order valence-electron chi connectivity index (χ4n) is 5.93. The van der Waals surface area contributed by atoms with E-state index in [4.69, 9.17) is 25.8 Å². The molecule has 0 saturated heterocycles. The summed E-state index contributed by atoms with van der Waals surface area (Å²) in [6.45, 7) is 6.73. The number of cyclic esters (lactones) is 1. The third kappa shape index (κ3) is 4.95. The Labute approximate surface area is 218 Å². The molecule has 1 unspecified atom stereocenters. The summed E-state index contributed by atoms with van der Waals surface area (Å²) in [6, 6.07) is 3.63. The van der Waals surface area contributed by atoms with Gasteiger partial charge in [0.1, 0.15) is 22.9 Å². The highest BCUT2D eigenvalue weighted by molar-refractivity contribution is 6.32. The highest BCUT2D eigenvalue weighted by atomic mass is 35.5. The van der Waals surface area contributed by atoms with Gasteiger partial charge in [-0.05, 0) is 64.0 Å². The van der Waals surface area contributed by atoms with Crippen molar-refractivity contribution in [3.63, 3.8) is 0 Å². The number of esters is 1. The Kier molecular flexibility index (Phi) is 7.88. The fourth-order valence-corrected chi connectivity index (χ4v) is 6.19. The average molecular weight is 517 g/mol. The number of halogens is 1. The monoisotopic (exact) mass is 516 g/mol. The number of ether oxygens (including phenoxy) is 3. The number of nitrogens with zero attached hydrogens (tertiary/aromatic N) is 2. The van der Waals surface area contributed by atoms with Crippen LogP contribution in [0.3, 0.4) is 0 Å². The second-order valence-electron chi connectivity index (χ2n) is 9.98. The molecule has 196 valence electrons. The number of methoxy groups -OCH3 is 2. The Morgan fingerprint density at radius 2 is 1.89 bits per heavy atom. The van der Waals surface area contributed by atoms with E-state index < -0.39 is 11.6 Å². The summed E-state index contributed by atoms with van der Waals surface area (Å²) < 4.78 is 19.2. The zero-order valence-corrected chi connectivity index (χ0v) is 22.7. The minimum absolute atomic E-state index is 0.140. The Morgan fingerprint density at radius 3 is 2.47 bits per heavy atom. The van der Waals surface area contributed by atoms with Crippen molar-refractivity contribution in [1.82, 2.24) is 9.78 Å². The van der Waals surface area contributed by atoms with Gasteiger partial charge in [-0.3, -0.25) is 4.68 Å². The summed E-state index contributed by atoms with van der Waals surface area (Å²) >= 11 is 6.40. The number of hydrogen-bond acceptors (Lipinski definition) is 6. The van der Waals surface area contributed by atoms with Gasteiger partial charge in [0.2, 0.25) is 0 Å². The maximum atomic E-state index is 13.4. The number of aliphatic hydroxyl groups is 1. The first-order chi connectivity index (χ1) is 17.2. The summed E-state index contributed by atoms with van der Waals surface area (Å²) in [5, 5.41) is 16.3. The van der Waals surface area contributed by atoms with E-state index in [0.717, 1.165) is 54.7 Å². The van der Waals surface area contributed by atoms with Gasteiger partial charge >= 0.3 is 5.97 Å². The molecular formula is C28H37ClN2O5. The Morgan fingerprint density at radius 1 is 1.19 bits per heavy atom. The topological polar surface area (TPSA) is 82.8 Å². The first-order valence-electron chi connectivity index (χ1n) is 12.8. The van der Waals surface area contributed by atoms with Crippen LogP contribution >= 0.6 is 11.6 Å². The highest BCUT2D eigenvalue weighted by Gasteiger charge is 2.48. The molecule has 1 aliphatic carbocycles. The fraction of sp³-hybridized carbons (Fsp3) is 0.571. The second kappa shape index (κ2) is 10.8. The lowest BCUT2D eigenvalue weighted by atomic mass is 9.76. The lowest BCUT2D eigenvalue weighted by Gasteiger charge is -2.42. The molecule has 0 bridgehead atoms. The predicted molar refractivity (Wildman–Crippen MR) is 139 cm³/mol. The summed E-state index contributed by atoms with van der Waals surface area (Å²) in [5.41, 5.74) is 3.37. The van der Waals surface area contributed by atoms with Gasteiger partial charge in [-0.25, -0.2) is 4.79 Å². The molecule has 2 aliphatic rings. The van der Waals surface area contributed by atoms with Crippen molar-refractivity contribution in [3.05, 3.63) is 51.0 Å². The van der Waals surface area contributed by atoms with E-state index in [1.807, 2.05) is 31.5 Å². The molecule has 0 radical (unpaired) electrons. The number of aliphatic hydroxyl groups excluding tert-OH is 1. The second-order valence-corrected chi connectivity index (χ2v) is 10.4. The van der Waals surface area contributed by atoms with Gasteiger partial charge in [-0.15, -0.1) is 0 Å². The van der Waals surface area contributed by atoms with E-state index in [1.165, 1.54) is 0 Å². The van der Waals surface area contributed by atoms with Gasteiger partial charge < -0.3 is 19.3 Å². The first kappa shape index (κ1) is 26.4. The molecule has 2 heterocycles. The van der Waals surface area contributed by atoms with E-state index in [1.54, 1.807) is 20.3 Å². The summed E-state index contributed by atoms with van der Waals surface area (Å²) in [7, 11) is 3.19. The molecule has 1 aromatic heterocycles. The van der Waals surface area contributed by atoms with Crippen LogP contribution in [0.15, 0.2) is 23.5 Å². The van der Waals surface area contributed by atoms with Crippen molar-refractivity contribution >= 4 is 17.6 Å². The first-order valence-corrected chi connectivity index (χ1v) is 13.2. The van der Waals surface area contributed by atoms with Crippen LogP contribution in [0, 0.1) is 19.8 Å². The molecule has 1 fully saturated rings. The van der Waals surface area contributed by atoms with Gasteiger partial charge in [0.25, 0.3) is 0 Å². The molecule has 1 aromatic carbocycles. The van der Waals surface area contributed by atoms with Crippen molar-refractivity contribution in [2.75, 3.05) is 14.2 Å². The number of aromatic nitrogens is 2. The number of rotatable bonds is 9. The van der Waals surface area contributed by atoms with Gasteiger partial charge in [-0.2, -0.15) is 5.10 Å². The van der Waals surface area contributed by atoms with Gasteiger partial charge in [-0.1, -0.05) is 24.4 Å². The third-order valence-corrected chi connectivity index (χ3v) is 8.31. The smallest absolute Gasteiger partial charge is 0.338 e. The van der Waals surface area contributed by atoms with E-state index in [9.17, 15) is 9.90 Å².